The van der Waals surface area contributed by atoms with E-state index in [0.717, 1.165) is 25.0 Å². The lowest BCUT2D eigenvalue weighted by molar-refractivity contribution is 0.212. The molecular weight excluding hydrogens is 458 g/mol. The van der Waals surface area contributed by atoms with Gasteiger partial charge in [-0.15, -0.1) is 24.0 Å². The van der Waals surface area contributed by atoms with E-state index in [9.17, 15) is 4.39 Å². The van der Waals surface area contributed by atoms with Crippen LogP contribution in [0.4, 0.5) is 4.39 Å². The molecule has 0 radical (unpaired) electrons. The minimum atomic E-state index is -0.326. The van der Waals surface area contributed by atoms with Crippen LogP contribution in [-0.4, -0.2) is 68.2 Å². The van der Waals surface area contributed by atoms with Gasteiger partial charge >= 0.3 is 0 Å². The van der Waals surface area contributed by atoms with Gasteiger partial charge in [-0.3, -0.25) is 4.99 Å². The fraction of sp³-hybridized carbons (Fsp3) is 0.650. The first-order valence-electron chi connectivity index (χ1n) is 9.75. The summed E-state index contributed by atoms with van der Waals surface area (Å²) in [5.74, 6) is 1.60. The number of nitrogens with zero attached hydrogens (tertiary/aromatic N) is 3. The Labute approximate surface area is 179 Å². The maximum absolute atomic E-state index is 13.7. The molecule has 27 heavy (non-hydrogen) atoms. The van der Waals surface area contributed by atoms with Crippen molar-refractivity contribution in [3.8, 4) is 5.75 Å². The first kappa shape index (κ1) is 22.2. The summed E-state index contributed by atoms with van der Waals surface area (Å²) in [4.78, 5) is 9.34. The summed E-state index contributed by atoms with van der Waals surface area (Å²) in [5.41, 5.74) is 0. The number of para-hydroxylation sites is 1. The average Bonchev–Trinajstić information content (AvgIpc) is 3.30. The molecule has 0 bridgehead atoms. The second kappa shape index (κ2) is 11.0. The van der Waals surface area contributed by atoms with Gasteiger partial charge in [0.05, 0.1) is 6.54 Å². The number of aliphatic imine (C=N–C) groups is 1. The van der Waals surface area contributed by atoms with Crippen LogP contribution in [0.5, 0.6) is 5.75 Å². The minimum absolute atomic E-state index is 0. The van der Waals surface area contributed by atoms with Crippen molar-refractivity contribution in [2.24, 2.45) is 10.9 Å². The SMILES string of the molecule is CN=C(NCC(C)Oc1ccccc1F)N1CCC(CN2CCCC2)C1.I. The predicted molar refractivity (Wildman–Crippen MR) is 119 cm³/mol. The molecule has 2 unspecified atom stereocenters. The second-order valence-electron chi connectivity index (χ2n) is 7.40. The Hall–Kier alpha value is -1.09. The number of rotatable bonds is 6. The molecule has 0 spiro atoms. The molecule has 3 rings (SSSR count). The summed E-state index contributed by atoms with van der Waals surface area (Å²) in [6.07, 6.45) is 3.77. The highest BCUT2D eigenvalue weighted by atomic mass is 127. The summed E-state index contributed by atoms with van der Waals surface area (Å²) in [6, 6.07) is 6.52. The zero-order valence-corrected chi connectivity index (χ0v) is 18.7. The first-order chi connectivity index (χ1) is 12.7. The van der Waals surface area contributed by atoms with Crippen molar-refractivity contribution in [2.75, 3.05) is 46.3 Å². The monoisotopic (exact) mass is 490 g/mol. The highest BCUT2D eigenvalue weighted by molar-refractivity contribution is 14.0. The van der Waals surface area contributed by atoms with E-state index in [4.69, 9.17) is 4.74 Å². The van der Waals surface area contributed by atoms with E-state index in [1.54, 1.807) is 18.2 Å². The van der Waals surface area contributed by atoms with E-state index in [0.29, 0.717) is 12.3 Å². The number of nitrogens with one attached hydrogen (secondary N) is 1. The standard InChI is InChI=1S/C20H31FN4O.HI/c1-16(26-19-8-4-3-7-18(19)21)13-23-20(22-2)25-12-9-17(15-25)14-24-10-5-6-11-24;/h3-4,7-8,16-17H,5-6,9-15H2,1-2H3,(H,22,23);1H. The molecule has 0 amide bonds. The number of benzene rings is 1. The van der Waals surface area contributed by atoms with Crippen molar-refractivity contribution in [1.29, 1.82) is 0 Å². The van der Waals surface area contributed by atoms with Crippen molar-refractivity contribution in [3.05, 3.63) is 30.1 Å². The van der Waals surface area contributed by atoms with Gasteiger partial charge in [0.1, 0.15) is 6.10 Å². The third kappa shape index (κ3) is 6.48. The molecule has 2 fully saturated rings. The third-order valence-corrected chi connectivity index (χ3v) is 5.22. The fourth-order valence-corrected chi connectivity index (χ4v) is 3.87. The predicted octanol–water partition coefficient (Wildman–Crippen LogP) is 3.20. The van der Waals surface area contributed by atoms with Crippen LogP contribution in [0.3, 0.4) is 0 Å². The summed E-state index contributed by atoms with van der Waals surface area (Å²) < 4.78 is 19.4. The van der Waals surface area contributed by atoms with Gasteiger partial charge in [-0.25, -0.2) is 4.39 Å². The molecule has 1 aromatic carbocycles. The van der Waals surface area contributed by atoms with Crippen molar-refractivity contribution < 1.29 is 9.13 Å². The zero-order chi connectivity index (χ0) is 18.4. The van der Waals surface area contributed by atoms with E-state index in [2.05, 4.69) is 20.1 Å². The van der Waals surface area contributed by atoms with Gasteiger partial charge in [-0.1, -0.05) is 12.1 Å². The molecular formula is C20H32FIN4O. The smallest absolute Gasteiger partial charge is 0.193 e. The molecule has 1 N–H and O–H groups in total. The molecule has 1 aromatic rings. The molecule has 2 atom stereocenters. The van der Waals surface area contributed by atoms with Gasteiger partial charge in [0, 0.05) is 26.7 Å². The highest BCUT2D eigenvalue weighted by Gasteiger charge is 2.27. The van der Waals surface area contributed by atoms with E-state index in [1.807, 2.05) is 14.0 Å². The topological polar surface area (TPSA) is 40.1 Å². The summed E-state index contributed by atoms with van der Waals surface area (Å²) in [6.45, 7) is 8.35. The number of guanidine groups is 1. The lowest BCUT2D eigenvalue weighted by atomic mass is 10.1. The van der Waals surface area contributed by atoms with Gasteiger partial charge in [-0.2, -0.15) is 0 Å². The number of halogens is 2. The lowest BCUT2D eigenvalue weighted by Crippen LogP contribution is -2.44. The van der Waals surface area contributed by atoms with Crippen LogP contribution in [0.25, 0.3) is 0 Å². The van der Waals surface area contributed by atoms with Crippen LogP contribution < -0.4 is 10.1 Å². The molecule has 5 nitrogen and oxygen atoms in total. The molecule has 2 aliphatic rings. The minimum Gasteiger partial charge on any atom is -0.486 e. The molecule has 2 saturated heterocycles. The average molecular weight is 490 g/mol. The van der Waals surface area contributed by atoms with E-state index >= 15 is 0 Å². The zero-order valence-electron chi connectivity index (χ0n) is 16.4. The van der Waals surface area contributed by atoms with E-state index in [-0.39, 0.29) is 35.9 Å². The van der Waals surface area contributed by atoms with Gasteiger partial charge in [0.25, 0.3) is 0 Å². The van der Waals surface area contributed by atoms with Crippen molar-refractivity contribution >= 4 is 29.9 Å². The summed E-state index contributed by atoms with van der Waals surface area (Å²) in [7, 11) is 1.82. The van der Waals surface area contributed by atoms with Gasteiger partial charge in [0.15, 0.2) is 17.5 Å². The van der Waals surface area contributed by atoms with E-state index in [1.165, 1.54) is 45.0 Å². The fourth-order valence-electron chi connectivity index (χ4n) is 3.87. The van der Waals surface area contributed by atoms with Crippen LogP contribution >= 0.6 is 24.0 Å². The molecule has 2 aliphatic heterocycles. The van der Waals surface area contributed by atoms with Crippen LogP contribution in [0, 0.1) is 11.7 Å². The Kier molecular flexibility index (Phi) is 9.08. The summed E-state index contributed by atoms with van der Waals surface area (Å²) >= 11 is 0. The van der Waals surface area contributed by atoms with Crippen LogP contribution in [-0.2, 0) is 0 Å². The first-order valence-corrected chi connectivity index (χ1v) is 9.75. The van der Waals surface area contributed by atoms with Gasteiger partial charge in [0.2, 0.25) is 0 Å². The van der Waals surface area contributed by atoms with Gasteiger partial charge in [-0.05, 0) is 57.3 Å². The highest BCUT2D eigenvalue weighted by Crippen LogP contribution is 2.20. The van der Waals surface area contributed by atoms with E-state index < -0.39 is 0 Å². The number of ether oxygens (including phenoxy) is 1. The van der Waals surface area contributed by atoms with Crippen molar-refractivity contribution in [3.63, 3.8) is 0 Å². The van der Waals surface area contributed by atoms with Crippen LogP contribution in [0.1, 0.15) is 26.2 Å². The lowest BCUT2D eigenvalue weighted by Gasteiger charge is -2.24. The molecule has 2 heterocycles. The van der Waals surface area contributed by atoms with Crippen LogP contribution in [0.15, 0.2) is 29.3 Å². The Morgan fingerprint density at radius 3 is 2.74 bits per heavy atom. The molecule has 0 aromatic heterocycles. The Morgan fingerprint density at radius 1 is 1.30 bits per heavy atom. The van der Waals surface area contributed by atoms with Crippen LogP contribution in [0.2, 0.25) is 0 Å². The van der Waals surface area contributed by atoms with Gasteiger partial charge < -0.3 is 19.9 Å². The molecule has 7 heteroatoms. The summed E-state index contributed by atoms with van der Waals surface area (Å²) in [5, 5.41) is 3.38. The normalized spacial score (nSPS) is 21.8. The number of likely N-dealkylation sites (tertiary alicyclic amines) is 2. The Balaban J connectivity index is 0.00000261. The molecule has 0 aliphatic carbocycles. The maximum atomic E-state index is 13.7. The van der Waals surface area contributed by atoms with Crippen molar-refractivity contribution in [1.82, 2.24) is 15.1 Å². The molecule has 0 saturated carbocycles. The van der Waals surface area contributed by atoms with Crippen molar-refractivity contribution in [2.45, 2.75) is 32.3 Å². The quantitative estimate of drug-likeness (QED) is 0.378. The molecule has 152 valence electrons. The second-order valence-corrected chi connectivity index (χ2v) is 7.40. The third-order valence-electron chi connectivity index (χ3n) is 5.22. The maximum Gasteiger partial charge on any atom is 0.193 e. The Morgan fingerprint density at radius 2 is 2.04 bits per heavy atom. The Bertz CT molecular complexity index is 609. The number of hydrogen-bond acceptors (Lipinski definition) is 3. The number of hydrogen-bond donors (Lipinski definition) is 1. The largest absolute Gasteiger partial charge is 0.486 e.